The van der Waals surface area contributed by atoms with Crippen LogP contribution in [0.1, 0.15) is 37.4 Å². The van der Waals surface area contributed by atoms with Crippen molar-refractivity contribution in [3.63, 3.8) is 0 Å². The van der Waals surface area contributed by atoms with Crippen LogP contribution in [0, 0.1) is 13.8 Å². The summed E-state index contributed by atoms with van der Waals surface area (Å²) >= 11 is 0. The van der Waals surface area contributed by atoms with Crippen molar-refractivity contribution in [3.05, 3.63) is 70.3 Å². The lowest BCUT2D eigenvalue weighted by Gasteiger charge is -2.11. The molecule has 0 aromatic heterocycles. The Balaban J connectivity index is 2.56. The van der Waals surface area contributed by atoms with Gasteiger partial charge in [0.15, 0.2) is 5.78 Å². The van der Waals surface area contributed by atoms with E-state index in [9.17, 15) is 14.7 Å². The molecule has 19 heavy (non-hydrogen) atoms. The van der Waals surface area contributed by atoms with Gasteiger partial charge in [0, 0.05) is 16.7 Å². The van der Waals surface area contributed by atoms with Crippen LogP contribution in [0.2, 0.25) is 0 Å². The third-order valence-electron chi connectivity index (χ3n) is 3.03. The van der Waals surface area contributed by atoms with E-state index in [1.165, 1.54) is 12.1 Å². The molecule has 0 aliphatic carbocycles. The fourth-order valence-corrected chi connectivity index (χ4v) is 1.98. The third-order valence-corrected chi connectivity index (χ3v) is 3.03. The van der Waals surface area contributed by atoms with Gasteiger partial charge in [-0.2, -0.15) is 0 Å². The lowest BCUT2D eigenvalue weighted by atomic mass is 9.94. The zero-order valence-electron chi connectivity index (χ0n) is 10.8. The van der Waals surface area contributed by atoms with Gasteiger partial charge in [-0.25, -0.2) is 0 Å². The Bertz CT molecular complexity index is 657. The lowest BCUT2D eigenvalue weighted by molar-refractivity contribution is -0.255. The van der Waals surface area contributed by atoms with Gasteiger partial charge in [0.05, 0.1) is 5.97 Å². The first-order chi connectivity index (χ1) is 9.00. The molecule has 2 aromatic rings. The fourth-order valence-electron chi connectivity index (χ4n) is 1.98. The molecule has 0 atom stereocenters. The first-order valence-electron chi connectivity index (χ1n) is 5.93. The quantitative estimate of drug-likeness (QED) is 0.785. The molecule has 0 aliphatic heterocycles. The summed E-state index contributed by atoms with van der Waals surface area (Å²) in [5.74, 6) is -1.63. The first kappa shape index (κ1) is 13.0. The summed E-state index contributed by atoms with van der Waals surface area (Å²) < 4.78 is 0. The Morgan fingerprint density at radius 2 is 1.53 bits per heavy atom. The number of hydrogen-bond acceptors (Lipinski definition) is 3. The molecule has 3 nitrogen and oxygen atoms in total. The van der Waals surface area contributed by atoms with Gasteiger partial charge in [0.25, 0.3) is 0 Å². The number of carboxylic acid groups (broad SMARTS) is 1. The van der Waals surface area contributed by atoms with E-state index < -0.39 is 5.97 Å². The average molecular weight is 253 g/mol. The molecular formula is C16H13O3-. The highest BCUT2D eigenvalue weighted by Gasteiger charge is 2.15. The summed E-state index contributed by atoms with van der Waals surface area (Å²) in [5.41, 5.74) is 2.39. The minimum atomic E-state index is -1.34. The van der Waals surface area contributed by atoms with E-state index in [2.05, 4.69) is 0 Å². The molecule has 0 bridgehead atoms. The maximum absolute atomic E-state index is 12.5. The van der Waals surface area contributed by atoms with Crippen LogP contribution in [0.4, 0.5) is 0 Å². The fraction of sp³-hybridized carbons (Fsp3) is 0.125. The topological polar surface area (TPSA) is 57.2 Å². The number of rotatable bonds is 3. The zero-order valence-corrected chi connectivity index (χ0v) is 10.8. The molecule has 96 valence electrons. The van der Waals surface area contributed by atoms with Gasteiger partial charge in [-0.05, 0) is 25.5 Å². The molecule has 0 amide bonds. The maximum Gasteiger partial charge on any atom is 0.193 e. The summed E-state index contributed by atoms with van der Waals surface area (Å²) in [6.45, 7) is 3.72. The number of aromatic carboxylic acids is 1. The molecule has 0 heterocycles. The highest BCUT2D eigenvalue weighted by Crippen LogP contribution is 2.18. The molecule has 0 radical (unpaired) electrons. The molecule has 0 fully saturated rings. The van der Waals surface area contributed by atoms with Gasteiger partial charge in [-0.15, -0.1) is 0 Å². The van der Waals surface area contributed by atoms with E-state index in [0.717, 1.165) is 11.1 Å². The van der Waals surface area contributed by atoms with Crippen LogP contribution in [-0.4, -0.2) is 11.8 Å². The van der Waals surface area contributed by atoms with E-state index in [0.29, 0.717) is 5.56 Å². The van der Waals surface area contributed by atoms with Crippen LogP contribution in [0.15, 0.2) is 42.5 Å². The highest BCUT2D eigenvalue weighted by molar-refractivity contribution is 6.14. The summed E-state index contributed by atoms with van der Waals surface area (Å²) in [6, 6.07) is 11.6. The molecule has 2 aromatic carbocycles. The average Bonchev–Trinajstić information content (AvgIpc) is 2.40. The van der Waals surface area contributed by atoms with Crippen molar-refractivity contribution in [1.82, 2.24) is 0 Å². The Morgan fingerprint density at radius 3 is 2.16 bits per heavy atom. The second-order valence-corrected chi connectivity index (χ2v) is 4.48. The lowest BCUT2D eigenvalue weighted by Crippen LogP contribution is -2.25. The molecule has 2 rings (SSSR count). The number of ketones is 1. The summed E-state index contributed by atoms with van der Waals surface area (Å²) in [4.78, 5) is 23.5. The predicted octanol–water partition coefficient (Wildman–Crippen LogP) is 1.90. The van der Waals surface area contributed by atoms with Crippen LogP contribution in [0.3, 0.4) is 0 Å². The van der Waals surface area contributed by atoms with E-state index in [4.69, 9.17) is 0 Å². The molecule has 3 heteroatoms. The molecule has 0 saturated heterocycles. The Hall–Kier alpha value is -2.42. The molecule has 0 unspecified atom stereocenters. The van der Waals surface area contributed by atoms with Crippen molar-refractivity contribution < 1.29 is 14.7 Å². The maximum atomic E-state index is 12.5. The van der Waals surface area contributed by atoms with Crippen molar-refractivity contribution in [2.45, 2.75) is 13.8 Å². The molecule has 0 N–H and O–H groups in total. The van der Waals surface area contributed by atoms with Gasteiger partial charge in [-0.1, -0.05) is 42.0 Å². The van der Waals surface area contributed by atoms with Crippen molar-refractivity contribution in [2.75, 3.05) is 0 Å². The number of carbonyl (C=O) groups is 2. The van der Waals surface area contributed by atoms with Gasteiger partial charge in [0.1, 0.15) is 0 Å². The van der Waals surface area contributed by atoms with Gasteiger partial charge in [-0.3, -0.25) is 4.79 Å². The van der Waals surface area contributed by atoms with Crippen molar-refractivity contribution >= 4 is 11.8 Å². The second-order valence-electron chi connectivity index (χ2n) is 4.48. The summed E-state index contributed by atoms with van der Waals surface area (Å²) in [5, 5.41) is 11.0. The molecule has 0 saturated carbocycles. The smallest absolute Gasteiger partial charge is 0.193 e. The second kappa shape index (κ2) is 5.06. The molecule has 0 spiro atoms. The summed E-state index contributed by atoms with van der Waals surface area (Å²) in [7, 11) is 0. The molecular weight excluding hydrogens is 240 g/mol. The summed E-state index contributed by atoms with van der Waals surface area (Å²) in [6.07, 6.45) is 0. The number of hydrogen-bond donors (Lipinski definition) is 0. The SMILES string of the molecule is Cc1ccc(C)c(C(=O)c2ccccc2C(=O)[O-])c1. The third kappa shape index (κ3) is 2.55. The number of carboxylic acids is 1. The van der Waals surface area contributed by atoms with Crippen LogP contribution in [0.25, 0.3) is 0 Å². The van der Waals surface area contributed by atoms with Crippen LogP contribution >= 0.6 is 0 Å². The standard InChI is InChI=1S/C16H14O3/c1-10-7-8-11(2)14(9-10)15(17)12-5-3-4-6-13(12)16(18)19/h3-9H,1-2H3,(H,18,19)/p-1. The number of aryl methyl sites for hydroxylation is 2. The molecule has 0 aliphatic rings. The first-order valence-corrected chi connectivity index (χ1v) is 5.93. The van der Waals surface area contributed by atoms with Gasteiger partial charge >= 0.3 is 0 Å². The predicted molar refractivity (Wildman–Crippen MR) is 70.1 cm³/mol. The monoisotopic (exact) mass is 253 g/mol. The van der Waals surface area contributed by atoms with E-state index >= 15 is 0 Å². The highest BCUT2D eigenvalue weighted by atomic mass is 16.4. The Labute approximate surface area is 111 Å². The normalized spacial score (nSPS) is 10.2. The van der Waals surface area contributed by atoms with E-state index in [-0.39, 0.29) is 16.9 Å². The number of carbonyl (C=O) groups excluding carboxylic acids is 2. The minimum absolute atomic E-state index is 0.0755. The number of benzene rings is 2. The van der Waals surface area contributed by atoms with Crippen molar-refractivity contribution in [2.24, 2.45) is 0 Å². The zero-order chi connectivity index (χ0) is 14.0. The van der Waals surface area contributed by atoms with E-state index in [1.807, 2.05) is 26.0 Å². The Kier molecular flexibility index (Phi) is 3.47. The van der Waals surface area contributed by atoms with Crippen molar-refractivity contribution in [1.29, 1.82) is 0 Å². The van der Waals surface area contributed by atoms with Crippen LogP contribution in [0.5, 0.6) is 0 Å². The van der Waals surface area contributed by atoms with Crippen LogP contribution in [-0.2, 0) is 0 Å². The minimum Gasteiger partial charge on any atom is -0.545 e. The van der Waals surface area contributed by atoms with E-state index in [1.54, 1.807) is 18.2 Å². The van der Waals surface area contributed by atoms with Crippen LogP contribution < -0.4 is 5.11 Å². The van der Waals surface area contributed by atoms with Crippen molar-refractivity contribution in [3.8, 4) is 0 Å². The van der Waals surface area contributed by atoms with Gasteiger partial charge in [0.2, 0.25) is 0 Å². The van der Waals surface area contributed by atoms with Gasteiger partial charge < -0.3 is 9.90 Å². The Morgan fingerprint density at radius 1 is 0.895 bits per heavy atom. The largest absolute Gasteiger partial charge is 0.545 e.